The van der Waals surface area contributed by atoms with Gasteiger partial charge >= 0.3 is 0 Å². The molecule has 1 aromatic rings. The molecule has 0 aliphatic heterocycles. The van der Waals surface area contributed by atoms with Gasteiger partial charge in [0.05, 0.1) is 25.5 Å². The molecule has 1 aromatic carbocycles. The highest BCUT2D eigenvalue weighted by Gasteiger charge is 2.17. The zero-order valence-electron chi connectivity index (χ0n) is 15.6. The predicted molar refractivity (Wildman–Crippen MR) is 103 cm³/mol. The number of allylic oxidation sites excluding steroid dienone is 3. The van der Waals surface area contributed by atoms with E-state index in [1.54, 1.807) is 43.4 Å². The van der Waals surface area contributed by atoms with Crippen LogP contribution in [0.25, 0.3) is 0 Å². The number of phenolic OH excluding ortho intramolecular Hbond substituents is 1. The Morgan fingerprint density at radius 2 is 2.04 bits per heavy atom. The minimum atomic E-state index is -0.666. The molecule has 0 saturated carbocycles. The second-order valence-corrected chi connectivity index (χ2v) is 5.84. The molecule has 2 unspecified atom stereocenters. The summed E-state index contributed by atoms with van der Waals surface area (Å²) in [5.74, 6) is -0.386. The summed E-state index contributed by atoms with van der Waals surface area (Å²) in [5.41, 5.74) is 1.58. The number of ether oxygens (including phenoxy) is 1. The van der Waals surface area contributed by atoms with Crippen molar-refractivity contribution in [1.29, 1.82) is 0 Å². The van der Waals surface area contributed by atoms with Gasteiger partial charge in [-0.1, -0.05) is 30.4 Å². The highest BCUT2D eigenvalue weighted by molar-refractivity contribution is 5.90. The molecular weight excluding hydrogens is 334 g/mol. The number of methoxy groups -OCH3 is 1. The zero-order chi connectivity index (χ0) is 19.7. The SMILES string of the molecule is CC=CC(=CC(C=CC(C)O)c1cc(NC(C)=O)c(OC)cc1O)CO. The average molecular weight is 361 g/mol. The molecule has 0 aliphatic rings. The summed E-state index contributed by atoms with van der Waals surface area (Å²) in [6.07, 6.45) is 7.99. The first-order valence-corrected chi connectivity index (χ1v) is 8.31. The van der Waals surface area contributed by atoms with Crippen LogP contribution in [0.1, 0.15) is 32.3 Å². The van der Waals surface area contributed by atoms with Crippen molar-refractivity contribution in [3.63, 3.8) is 0 Å². The number of aliphatic hydroxyl groups is 2. The third kappa shape index (κ3) is 6.38. The molecule has 4 N–H and O–H groups in total. The lowest BCUT2D eigenvalue weighted by atomic mass is 9.93. The number of amides is 1. The molecule has 0 aliphatic carbocycles. The minimum Gasteiger partial charge on any atom is -0.507 e. The number of aliphatic hydroxyl groups excluding tert-OH is 2. The first-order valence-electron chi connectivity index (χ1n) is 8.31. The number of aromatic hydroxyl groups is 1. The first kappa shape index (κ1) is 21.5. The van der Waals surface area contributed by atoms with E-state index >= 15 is 0 Å². The average Bonchev–Trinajstić information content (AvgIpc) is 2.58. The molecule has 0 radical (unpaired) electrons. The molecule has 0 bridgehead atoms. The van der Waals surface area contributed by atoms with Gasteiger partial charge in [0.25, 0.3) is 0 Å². The van der Waals surface area contributed by atoms with E-state index in [9.17, 15) is 20.1 Å². The van der Waals surface area contributed by atoms with Gasteiger partial charge in [0.1, 0.15) is 11.5 Å². The fraction of sp³-hybridized carbons (Fsp3) is 0.350. The maximum atomic E-state index is 11.4. The van der Waals surface area contributed by atoms with Crippen LogP contribution in [-0.2, 0) is 4.79 Å². The molecule has 26 heavy (non-hydrogen) atoms. The number of carbonyl (C=O) groups excluding carboxylic acids is 1. The molecule has 0 heterocycles. The van der Waals surface area contributed by atoms with Gasteiger partial charge < -0.3 is 25.4 Å². The maximum absolute atomic E-state index is 11.4. The normalized spacial score (nSPS) is 14.6. The van der Waals surface area contributed by atoms with Gasteiger partial charge in [-0.15, -0.1) is 0 Å². The summed E-state index contributed by atoms with van der Waals surface area (Å²) < 4.78 is 5.20. The molecule has 2 atom stereocenters. The van der Waals surface area contributed by atoms with E-state index < -0.39 is 12.0 Å². The van der Waals surface area contributed by atoms with Crippen molar-refractivity contribution in [2.24, 2.45) is 0 Å². The van der Waals surface area contributed by atoms with Crippen LogP contribution in [0, 0.1) is 0 Å². The molecule has 0 aromatic heterocycles. The number of hydrogen-bond donors (Lipinski definition) is 4. The molecule has 0 saturated heterocycles. The van der Waals surface area contributed by atoms with Gasteiger partial charge in [-0.25, -0.2) is 0 Å². The highest BCUT2D eigenvalue weighted by atomic mass is 16.5. The Kier molecular flexibility index (Phi) is 8.61. The van der Waals surface area contributed by atoms with Gasteiger partial charge in [0, 0.05) is 24.5 Å². The molecule has 1 amide bonds. The van der Waals surface area contributed by atoms with Crippen molar-refractivity contribution >= 4 is 11.6 Å². The maximum Gasteiger partial charge on any atom is 0.221 e. The fourth-order valence-electron chi connectivity index (χ4n) is 2.44. The van der Waals surface area contributed by atoms with Crippen LogP contribution in [0.4, 0.5) is 5.69 Å². The van der Waals surface area contributed by atoms with E-state index in [0.29, 0.717) is 22.6 Å². The third-order valence-electron chi connectivity index (χ3n) is 3.57. The van der Waals surface area contributed by atoms with Crippen molar-refractivity contribution in [2.75, 3.05) is 19.0 Å². The van der Waals surface area contributed by atoms with E-state index in [1.165, 1.54) is 20.1 Å². The van der Waals surface area contributed by atoms with Gasteiger partial charge in [-0.05, 0) is 25.5 Å². The zero-order valence-corrected chi connectivity index (χ0v) is 15.6. The number of anilines is 1. The summed E-state index contributed by atoms with van der Waals surface area (Å²) in [7, 11) is 1.44. The Morgan fingerprint density at radius 1 is 1.35 bits per heavy atom. The number of hydrogen-bond acceptors (Lipinski definition) is 5. The standard InChI is InChI=1S/C20H27NO5/c1-5-6-15(12-22)9-16(8-7-13(2)23)17-10-18(21-14(3)24)20(26-4)11-19(17)25/h5-11,13,16,22-23,25H,12H2,1-4H3,(H,21,24). The predicted octanol–water partition coefficient (Wildman–Crippen LogP) is 2.87. The number of benzene rings is 1. The van der Waals surface area contributed by atoms with Crippen LogP contribution in [-0.4, -0.2) is 41.0 Å². The number of phenols is 1. The van der Waals surface area contributed by atoms with Crippen molar-refractivity contribution in [3.05, 3.63) is 53.6 Å². The van der Waals surface area contributed by atoms with Gasteiger partial charge in [0.2, 0.25) is 5.91 Å². The Bertz CT molecular complexity index is 704. The van der Waals surface area contributed by atoms with Crippen LogP contribution in [0.3, 0.4) is 0 Å². The second-order valence-electron chi connectivity index (χ2n) is 5.84. The molecule has 0 fully saturated rings. The Hall–Kier alpha value is -2.57. The van der Waals surface area contributed by atoms with Crippen molar-refractivity contribution in [1.82, 2.24) is 0 Å². The summed E-state index contributed by atoms with van der Waals surface area (Å²) in [5, 5.41) is 32.2. The van der Waals surface area contributed by atoms with Crippen LogP contribution >= 0.6 is 0 Å². The lowest BCUT2D eigenvalue weighted by Gasteiger charge is -2.17. The molecule has 142 valence electrons. The molecule has 1 rings (SSSR count). The van der Waals surface area contributed by atoms with Crippen molar-refractivity contribution in [3.8, 4) is 11.5 Å². The molecular formula is C20H27NO5. The minimum absolute atomic E-state index is 0.0230. The van der Waals surface area contributed by atoms with Gasteiger partial charge in [-0.3, -0.25) is 4.79 Å². The molecule has 0 spiro atoms. The first-order chi connectivity index (χ1) is 12.3. The monoisotopic (exact) mass is 361 g/mol. The molecule has 6 nitrogen and oxygen atoms in total. The van der Waals surface area contributed by atoms with E-state index in [1.807, 2.05) is 6.92 Å². The largest absolute Gasteiger partial charge is 0.507 e. The van der Waals surface area contributed by atoms with E-state index in [0.717, 1.165) is 0 Å². The Morgan fingerprint density at radius 3 is 2.54 bits per heavy atom. The number of carbonyl (C=O) groups is 1. The van der Waals surface area contributed by atoms with Crippen LogP contribution in [0.15, 0.2) is 48.1 Å². The fourth-order valence-corrected chi connectivity index (χ4v) is 2.44. The smallest absolute Gasteiger partial charge is 0.221 e. The summed E-state index contributed by atoms with van der Waals surface area (Å²) in [6, 6.07) is 3.04. The lowest BCUT2D eigenvalue weighted by molar-refractivity contribution is -0.114. The van der Waals surface area contributed by atoms with Crippen molar-refractivity contribution in [2.45, 2.75) is 32.8 Å². The van der Waals surface area contributed by atoms with Crippen LogP contribution < -0.4 is 10.1 Å². The molecule has 6 heteroatoms. The van der Waals surface area contributed by atoms with Crippen LogP contribution in [0.2, 0.25) is 0 Å². The Labute approximate surface area is 154 Å². The summed E-state index contributed by atoms with van der Waals surface area (Å²) in [4.78, 5) is 11.4. The number of nitrogens with one attached hydrogen (secondary N) is 1. The quantitative estimate of drug-likeness (QED) is 0.324. The Balaban J connectivity index is 3.50. The lowest BCUT2D eigenvalue weighted by Crippen LogP contribution is -2.08. The van der Waals surface area contributed by atoms with Gasteiger partial charge in [-0.2, -0.15) is 0 Å². The van der Waals surface area contributed by atoms with Gasteiger partial charge in [0.15, 0.2) is 0 Å². The third-order valence-corrected chi connectivity index (χ3v) is 3.57. The number of rotatable bonds is 8. The topological polar surface area (TPSA) is 99.0 Å². The van der Waals surface area contributed by atoms with Crippen molar-refractivity contribution < 1.29 is 24.9 Å². The summed E-state index contributed by atoms with van der Waals surface area (Å²) in [6.45, 7) is 4.67. The highest BCUT2D eigenvalue weighted by Crippen LogP contribution is 2.37. The second kappa shape index (κ2) is 10.4. The van der Waals surface area contributed by atoms with E-state index in [2.05, 4.69) is 5.32 Å². The van der Waals surface area contributed by atoms with E-state index in [4.69, 9.17) is 4.74 Å². The summed E-state index contributed by atoms with van der Waals surface area (Å²) >= 11 is 0. The van der Waals surface area contributed by atoms with Crippen LogP contribution in [0.5, 0.6) is 11.5 Å². The van der Waals surface area contributed by atoms with E-state index in [-0.39, 0.29) is 18.3 Å².